The summed E-state index contributed by atoms with van der Waals surface area (Å²) in [6, 6.07) is 41.4. The van der Waals surface area contributed by atoms with Crippen LogP contribution in [-0.2, 0) is 0 Å². The van der Waals surface area contributed by atoms with Crippen LogP contribution in [0.25, 0.3) is 65.3 Å². The molecule has 0 aliphatic heterocycles. The average molecular weight is 406 g/mol. The van der Waals surface area contributed by atoms with Gasteiger partial charge in [0, 0.05) is 21.5 Å². The molecule has 1 heterocycles. The van der Waals surface area contributed by atoms with Gasteiger partial charge in [0.25, 0.3) is 0 Å². The van der Waals surface area contributed by atoms with Gasteiger partial charge in [-0.15, -0.1) is 0 Å². The normalized spacial score (nSPS) is 11.8. The van der Waals surface area contributed by atoms with E-state index in [-0.39, 0.29) is 0 Å². The second-order valence-corrected chi connectivity index (χ2v) is 8.45. The predicted octanol–water partition coefficient (Wildman–Crippen LogP) is 8.51. The standard InChI is InChI=1S/C31H19N/c1-2-8-23-18-24(15-12-20(23)6-1)27-11-5-9-22-14-17-26-19-25-16-13-21-7-3-4-10-28(21)30(25)32-31(26)29(22)27/h1-19H. The molecule has 6 aromatic carbocycles. The van der Waals surface area contributed by atoms with Gasteiger partial charge in [-0.25, -0.2) is 4.98 Å². The minimum Gasteiger partial charge on any atom is -0.246 e. The van der Waals surface area contributed by atoms with Crippen LogP contribution in [0.1, 0.15) is 0 Å². The van der Waals surface area contributed by atoms with E-state index in [2.05, 4.69) is 115 Å². The first-order valence-corrected chi connectivity index (χ1v) is 11.0. The lowest BCUT2D eigenvalue weighted by atomic mass is 9.94. The highest BCUT2D eigenvalue weighted by Crippen LogP contribution is 2.36. The Morgan fingerprint density at radius 1 is 0.406 bits per heavy atom. The highest BCUT2D eigenvalue weighted by Gasteiger charge is 2.12. The molecular weight excluding hydrogens is 386 g/mol. The summed E-state index contributed by atoms with van der Waals surface area (Å²) in [5.41, 5.74) is 4.58. The maximum absolute atomic E-state index is 5.28. The van der Waals surface area contributed by atoms with Crippen molar-refractivity contribution >= 4 is 54.1 Å². The molecule has 7 rings (SSSR count). The molecule has 0 unspecified atom stereocenters. The third-order valence-corrected chi connectivity index (χ3v) is 6.58. The van der Waals surface area contributed by atoms with E-state index in [0.717, 1.165) is 11.0 Å². The monoisotopic (exact) mass is 405 g/mol. The minimum atomic E-state index is 1.06. The Balaban J connectivity index is 1.62. The Morgan fingerprint density at radius 3 is 1.97 bits per heavy atom. The van der Waals surface area contributed by atoms with E-state index in [1.807, 2.05) is 0 Å². The summed E-state index contributed by atoms with van der Waals surface area (Å²) < 4.78 is 0. The van der Waals surface area contributed by atoms with Crippen molar-refractivity contribution in [2.24, 2.45) is 0 Å². The largest absolute Gasteiger partial charge is 0.246 e. The smallest absolute Gasteiger partial charge is 0.0794 e. The van der Waals surface area contributed by atoms with Crippen molar-refractivity contribution < 1.29 is 0 Å². The molecule has 1 nitrogen and oxygen atoms in total. The van der Waals surface area contributed by atoms with Crippen LogP contribution in [0.15, 0.2) is 115 Å². The van der Waals surface area contributed by atoms with Crippen LogP contribution < -0.4 is 0 Å². The molecule has 1 heteroatoms. The SMILES string of the molecule is c1ccc2cc(-c3cccc4ccc5cc6ccc7ccccc7c6nc5c34)ccc2c1. The van der Waals surface area contributed by atoms with Crippen LogP contribution in [-0.4, -0.2) is 4.98 Å². The summed E-state index contributed by atoms with van der Waals surface area (Å²) in [4.78, 5) is 5.28. The van der Waals surface area contributed by atoms with E-state index in [0.29, 0.717) is 0 Å². The lowest BCUT2D eigenvalue weighted by Crippen LogP contribution is -1.89. The zero-order valence-electron chi connectivity index (χ0n) is 17.4. The van der Waals surface area contributed by atoms with Gasteiger partial charge < -0.3 is 0 Å². The van der Waals surface area contributed by atoms with Crippen molar-refractivity contribution in [2.45, 2.75) is 0 Å². The van der Waals surface area contributed by atoms with E-state index in [4.69, 9.17) is 4.98 Å². The lowest BCUT2D eigenvalue weighted by molar-refractivity contribution is 1.53. The Morgan fingerprint density at radius 2 is 1.06 bits per heavy atom. The van der Waals surface area contributed by atoms with Crippen molar-refractivity contribution in [3.63, 3.8) is 0 Å². The number of fused-ring (bicyclic) bond motifs is 7. The molecule has 0 fully saturated rings. The second kappa shape index (κ2) is 6.63. The number of aromatic nitrogens is 1. The predicted molar refractivity (Wildman–Crippen MR) is 137 cm³/mol. The van der Waals surface area contributed by atoms with Gasteiger partial charge in [-0.2, -0.15) is 0 Å². The fourth-order valence-electron chi connectivity index (χ4n) is 5.00. The fraction of sp³-hybridized carbons (Fsp3) is 0. The van der Waals surface area contributed by atoms with Gasteiger partial charge in [-0.3, -0.25) is 0 Å². The molecule has 0 radical (unpaired) electrons. The maximum Gasteiger partial charge on any atom is 0.0794 e. The van der Waals surface area contributed by atoms with E-state index >= 15 is 0 Å². The van der Waals surface area contributed by atoms with E-state index < -0.39 is 0 Å². The second-order valence-electron chi connectivity index (χ2n) is 8.45. The fourth-order valence-corrected chi connectivity index (χ4v) is 5.00. The van der Waals surface area contributed by atoms with Crippen LogP contribution in [0.4, 0.5) is 0 Å². The van der Waals surface area contributed by atoms with E-state index in [1.165, 1.54) is 54.2 Å². The molecule has 0 saturated heterocycles. The van der Waals surface area contributed by atoms with Crippen molar-refractivity contribution in [3.05, 3.63) is 115 Å². The third-order valence-electron chi connectivity index (χ3n) is 6.58. The summed E-state index contributed by atoms with van der Waals surface area (Å²) in [6.07, 6.45) is 0. The van der Waals surface area contributed by atoms with Gasteiger partial charge in [-0.1, -0.05) is 103 Å². The number of rotatable bonds is 1. The first-order valence-electron chi connectivity index (χ1n) is 11.0. The van der Waals surface area contributed by atoms with Crippen LogP contribution in [0.2, 0.25) is 0 Å². The first kappa shape index (κ1) is 17.5. The summed E-state index contributed by atoms with van der Waals surface area (Å²) in [6.45, 7) is 0. The molecule has 0 aliphatic rings. The molecule has 1 aromatic heterocycles. The van der Waals surface area contributed by atoms with Crippen LogP contribution in [0.3, 0.4) is 0 Å². The van der Waals surface area contributed by atoms with Crippen molar-refractivity contribution in [1.29, 1.82) is 0 Å². The molecule has 0 N–H and O–H groups in total. The van der Waals surface area contributed by atoms with Crippen molar-refractivity contribution in [1.82, 2.24) is 4.98 Å². The summed E-state index contributed by atoms with van der Waals surface area (Å²) >= 11 is 0. The van der Waals surface area contributed by atoms with Gasteiger partial charge >= 0.3 is 0 Å². The summed E-state index contributed by atoms with van der Waals surface area (Å²) in [7, 11) is 0. The summed E-state index contributed by atoms with van der Waals surface area (Å²) in [5.74, 6) is 0. The molecule has 32 heavy (non-hydrogen) atoms. The molecular formula is C31H19N. The third kappa shape index (κ3) is 2.55. The Bertz CT molecular complexity index is 1830. The van der Waals surface area contributed by atoms with Crippen LogP contribution >= 0.6 is 0 Å². The highest BCUT2D eigenvalue weighted by atomic mass is 14.7. The van der Waals surface area contributed by atoms with Crippen molar-refractivity contribution in [3.8, 4) is 11.1 Å². The zero-order chi connectivity index (χ0) is 21.1. The Kier molecular flexibility index (Phi) is 3.62. The van der Waals surface area contributed by atoms with E-state index in [1.54, 1.807) is 0 Å². The Labute approximate surface area is 185 Å². The number of nitrogens with zero attached hydrogens (tertiary/aromatic N) is 1. The topological polar surface area (TPSA) is 12.9 Å². The quantitative estimate of drug-likeness (QED) is 0.197. The number of benzene rings is 6. The van der Waals surface area contributed by atoms with Gasteiger partial charge in [-0.05, 0) is 44.8 Å². The zero-order valence-corrected chi connectivity index (χ0v) is 17.4. The first-order chi connectivity index (χ1) is 15.8. The van der Waals surface area contributed by atoms with Gasteiger partial charge in [0.05, 0.1) is 11.0 Å². The minimum absolute atomic E-state index is 1.06. The maximum atomic E-state index is 5.28. The molecule has 0 spiro atoms. The van der Waals surface area contributed by atoms with Gasteiger partial charge in [0.2, 0.25) is 0 Å². The summed E-state index contributed by atoms with van der Waals surface area (Å²) in [5, 5.41) is 9.73. The number of hydrogen-bond acceptors (Lipinski definition) is 1. The van der Waals surface area contributed by atoms with Crippen molar-refractivity contribution in [2.75, 3.05) is 0 Å². The van der Waals surface area contributed by atoms with Gasteiger partial charge in [0.1, 0.15) is 0 Å². The Hall–Kier alpha value is -4.23. The highest BCUT2D eigenvalue weighted by molar-refractivity contribution is 6.17. The molecule has 0 atom stereocenters. The van der Waals surface area contributed by atoms with E-state index in [9.17, 15) is 0 Å². The number of hydrogen-bond donors (Lipinski definition) is 0. The molecule has 0 amide bonds. The number of pyridine rings is 1. The molecule has 148 valence electrons. The van der Waals surface area contributed by atoms with Gasteiger partial charge in [0.15, 0.2) is 0 Å². The molecule has 0 saturated carbocycles. The lowest BCUT2D eigenvalue weighted by Gasteiger charge is -2.12. The molecule has 0 aliphatic carbocycles. The van der Waals surface area contributed by atoms with Crippen LogP contribution in [0.5, 0.6) is 0 Å². The van der Waals surface area contributed by atoms with Crippen LogP contribution in [0, 0.1) is 0 Å². The molecule has 0 bridgehead atoms. The average Bonchev–Trinajstić information content (AvgIpc) is 2.86. The molecule has 7 aromatic rings.